The third-order valence-corrected chi connectivity index (χ3v) is 5.51. The molecule has 0 bridgehead atoms. The normalized spacial score (nSPS) is 22.3. The molecule has 0 spiro atoms. The van der Waals surface area contributed by atoms with Crippen molar-refractivity contribution in [2.24, 2.45) is 11.8 Å². The van der Waals surface area contributed by atoms with Crippen molar-refractivity contribution in [3.05, 3.63) is 66.2 Å². The molecule has 7 nitrogen and oxygen atoms in total. The SMILES string of the molecule is CCOC(=O)[C@@H]1[C@@H](C(=O)OCC)[C@H](c2ccccc2)N(c2ccccc2)[C@H]1C(=O)OCC. The molecule has 1 saturated heterocycles. The zero-order valence-corrected chi connectivity index (χ0v) is 18.6. The van der Waals surface area contributed by atoms with Crippen molar-refractivity contribution in [2.45, 2.75) is 32.9 Å². The third-order valence-electron chi connectivity index (χ3n) is 5.51. The van der Waals surface area contributed by atoms with Gasteiger partial charge in [0.2, 0.25) is 0 Å². The van der Waals surface area contributed by atoms with Crippen LogP contribution in [0.15, 0.2) is 60.7 Å². The number of hydrogen-bond donors (Lipinski definition) is 0. The molecule has 0 aliphatic carbocycles. The largest absolute Gasteiger partial charge is 0.466 e. The van der Waals surface area contributed by atoms with Crippen LogP contribution in [0.3, 0.4) is 0 Å². The minimum absolute atomic E-state index is 0.127. The number of hydrogen-bond acceptors (Lipinski definition) is 7. The molecule has 4 atom stereocenters. The zero-order chi connectivity index (χ0) is 23.1. The van der Waals surface area contributed by atoms with E-state index in [1.54, 1.807) is 25.7 Å². The summed E-state index contributed by atoms with van der Waals surface area (Å²) in [6.45, 7) is 5.53. The Morgan fingerprint density at radius 2 is 1.16 bits per heavy atom. The first-order chi connectivity index (χ1) is 15.5. The van der Waals surface area contributed by atoms with E-state index in [2.05, 4.69) is 0 Å². The van der Waals surface area contributed by atoms with E-state index in [4.69, 9.17) is 14.2 Å². The smallest absolute Gasteiger partial charge is 0.329 e. The molecule has 2 aromatic rings. The maximum atomic E-state index is 13.2. The summed E-state index contributed by atoms with van der Waals surface area (Å²) in [4.78, 5) is 41.4. The van der Waals surface area contributed by atoms with Gasteiger partial charge in [-0.3, -0.25) is 9.59 Å². The van der Waals surface area contributed by atoms with Gasteiger partial charge in [-0.2, -0.15) is 0 Å². The number of benzene rings is 2. The lowest BCUT2D eigenvalue weighted by Gasteiger charge is -2.32. The van der Waals surface area contributed by atoms with E-state index in [-0.39, 0.29) is 19.8 Å². The van der Waals surface area contributed by atoms with Crippen molar-refractivity contribution in [1.29, 1.82) is 0 Å². The van der Waals surface area contributed by atoms with Crippen LogP contribution in [0.4, 0.5) is 5.69 Å². The highest BCUT2D eigenvalue weighted by Gasteiger charge is 2.60. The van der Waals surface area contributed by atoms with E-state index >= 15 is 0 Å². The van der Waals surface area contributed by atoms with Crippen LogP contribution in [0.25, 0.3) is 0 Å². The van der Waals surface area contributed by atoms with Crippen LogP contribution in [0.2, 0.25) is 0 Å². The number of anilines is 1. The second-order valence-corrected chi connectivity index (χ2v) is 7.35. The lowest BCUT2D eigenvalue weighted by atomic mass is 9.84. The number of ether oxygens (including phenoxy) is 3. The Hall–Kier alpha value is -3.35. The van der Waals surface area contributed by atoms with E-state index in [9.17, 15) is 14.4 Å². The molecule has 0 unspecified atom stereocenters. The fourth-order valence-corrected chi connectivity index (χ4v) is 4.37. The number of rotatable bonds is 8. The zero-order valence-electron chi connectivity index (χ0n) is 18.6. The van der Waals surface area contributed by atoms with E-state index in [0.29, 0.717) is 5.69 Å². The van der Waals surface area contributed by atoms with Crippen LogP contribution in [-0.4, -0.2) is 43.8 Å². The lowest BCUT2D eigenvalue weighted by molar-refractivity contribution is -0.162. The first kappa shape index (κ1) is 23.3. The minimum atomic E-state index is -1.08. The highest BCUT2D eigenvalue weighted by molar-refractivity contribution is 5.94. The van der Waals surface area contributed by atoms with Gasteiger partial charge in [0.25, 0.3) is 0 Å². The molecule has 1 heterocycles. The quantitative estimate of drug-likeness (QED) is 0.460. The average Bonchev–Trinajstić information content (AvgIpc) is 3.17. The Bertz CT molecular complexity index is 849. The summed E-state index contributed by atoms with van der Waals surface area (Å²) in [6.07, 6.45) is 0. The summed E-state index contributed by atoms with van der Waals surface area (Å²) in [5, 5.41) is 0. The molecular weight excluding hydrogens is 410 g/mol. The summed E-state index contributed by atoms with van der Waals surface area (Å²) in [5.74, 6) is -3.79. The van der Waals surface area contributed by atoms with Crippen molar-refractivity contribution in [2.75, 3.05) is 24.7 Å². The highest BCUT2D eigenvalue weighted by Crippen LogP contribution is 2.48. The third kappa shape index (κ3) is 4.61. The van der Waals surface area contributed by atoms with Gasteiger partial charge in [-0.15, -0.1) is 0 Å². The molecule has 2 aromatic carbocycles. The van der Waals surface area contributed by atoms with Crippen molar-refractivity contribution in [1.82, 2.24) is 0 Å². The van der Waals surface area contributed by atoms with Crippen molar-refractivity contribution < 1.29 is 28.6 Å². The van der Waals surface area contributed by atoms with Gasteiger partial charge in [0, 0.05) is 5.69 Å². The Morgan fingerprint density at radius 1 is 0.688 bits per heavy atom. The Balaban J connectivity index is 2.25. The van der Waals surface area contributed by atoms with Gasteiger partial charge in [-0.1, -0.05) is 48.5 Å². The Kier molecular flexibility index (Phi) is 7.87. The molecule has 0 radical (unpaired) electrons. The van der Waals surface area contributed by atoms with Gasteiger partial charge in [0.05, 0.1) is 31.8 Å². The molecule has 32 heavy (non-hydrogen) atoms. The van der Waals surface area contributed by atoms with Gasteiger partial charge < -0.3 is 19.1 Å². The second-order valence-electron chi connectivity index (χ2n) is 7.35. The predicted octanol–water partition coefficient (Wildman–Crippen LogP) is 3.54. The Labute approximate surface area is 188 Å². The lowest BCUT2D eigenvalue weighted by Crippen LogP contribution is -2.45. The number of para-hydroxylation sites is 1. The summed E-state index contributed by atoms with van der Waals surface area (Å²) >= 11 is 0. The van der Waals surface area contributed by atoms with E-state index in [1.165, 1.54) is 0 Å². The maximum Gasteiger partial charge on any atom is 0.329 e. The molecule has 1 aliphatic heterocycles. The first-order valence-electron chi connectivity index (χ1n) is 10.9. The number of carbonyl (C=O) groups is 3. The van der Waals surface area contributed by atoms with Crippen LogP contribution < -0.4 is 4.90 Å². The maximum absolute atomic E-state index is 13.2. The van der Waals surface area contributed by atoms with Crippen LogP contribution >= 0.6 is 0 Å². The van der Waals surface area contributed by atoms with Gasteiger partial charge in [0.15, 0.2) is 0 Å². The fourth-order valence-electron chi connectivity index (χ4n) is 4.37. The standard InChI is InChI=1S/C25H29NO6/c1-4-30-23(27)19-20(24(28)31-5-2)22(25(29)32-6-3)26(18-15-11-8-12-16-18)21(19)17-13-9-7-10-14-17/h7-16,19-22H,4-6H2,1-3H3/t19-,20-,21+,22-/m1/s1. The highest BCUT2D eigenvalue weighted by atomic mass is 16.5. The molecule has 0 N–H and O–H groups in total. The molecule has 7 heteroatoms. The molecule has 0 saturated carbocycles. The van der Waals surface area contributed by atoms with Crippen LogP contribution in [0.1, 0.15) is 32.4 Å². The van der Waals surface area contributed by atoms with E-state index in [0.717, 1.165) is 5.56 Å². The Morgan fingerprint density at radius 3 is 1.69 bits per heavy atom. The molecule has 170 valence electrons. The summed E-state index contributed by atoms with van der Waals surface area (Å²) in [6, 6.07) is 16.9. The first-order valence-corrected chi connectivity index (χ1v) is 10.9. The number of nitrogens with zero attached hydrogens (tertiary/aromatic N) is 1. The van der Waals surface area contributed by atoms with Crippen molar-refractivity contribution >= 4 is 23.6 Å². The molecule has 0 amide bonds. The van der Waals surface area contributed by atoms with Gasteiger partial charge in [-0.25, -0.2) is 4.79 Å². The topological polar surface area (TPSA) is 82.1 Å². The summed E-state index contributed by atoms with van der Waals surface area (Å²) in [7, 11) is 0. The molecule has 0 aromatic heterocycles. The number of esters is 3. The van der Waals surface area contributed by atoms with Crippen LogP contribution in [0.5, 0.6) is 0 Å². The monoisotopic (exact) mass is 439 g/mol. The predicted molar refractivity (Wildman–Crippen MR) is 119 cm³/mol. The van der Waals surface area contributed by atoms with E-state index in [1.807, 2.05) is 60.7 Å². The summed E-state index contributed by atoms with van der Waals surface area (Å²) < 4.78 is 16.1. The van der Waals surface area contributed by atoms with Gasteiger partial charge in [0.1, 0.15) is 12.0 Å². The fraction of sp³-hybridized carbons (Fsp3) is 0.400. The number of carbonyl (C=O) groups excluding carboxylic acids is 3. The molecule has 1 aliphatic rings. The van der Waals surface area contributed by atoms with Crippen molar-refractivity contribution in [3.63, 3.8) is 0 Å². The molecular formula is C25H29NO6. The molecule has 3 rings (SSSR count). The van der Waals surface area contributed by atoms with Crippen LogP contribution in [0, 0.1) is 11.8 Å². The summed E-state index contributed by atoms with van der Waals surface area (Å²) in [5.41, 5.74) is 1.48. The van der Waals surface area contributed by atoms with Crippen LogP contribution in [-0.2, 0) is 28.6 Å². The minimum Gasteiger partial charge on any atom is -0.466 e. The van der Waals surface area contributed by atoms with Gasteiger partial charge >= 0.3 is 17.9 Å². The molecule has 1 fully saturated rings. The average molecular weight is 440 g/mol. The van der Waals surface area contributed by atoms with E-state index < -0.39 is 41.8 Å². The second kappa shape index (κ2) is 10.8. The van der Waals surface area contributed by atoms with Crippen molar-refractivity contribution in [3.8, 4) is 0 Å². The van der Waals surface area contributed by atoms with Gasteiger partial charge in [-0.05, 0) is 38.5 Å².